The highest BCUT2D eigenvalue weighted by Crippen LogP contribution is 2.17. The van der Waals surface area contributed by atoms with Gasteiger partial charge in [0.1, 0.15) is 0 Å². The minimum atomic E-state index is -0.361. The lowest BCUT2D eigenvalue weighted by molar-refractivity contribution is -0.121. The van der Waals surface area contributed by atoms with Gasteiger partial charge in [-0.2, -0.15) is 0 Å². The van der Waals surface area contributed by atoms with Crippen molar-refractivity contribution in [3.8, 4) is 0 Å². The van der Waals surface area contributed by atoms with Crippen LogP contribution in [0.3, 0.4) is 0 Å². The summed E-state index contributed by atoms with van der Waals surface area (Å²) in [6.45, 7) is 2.30. The zero-order chi connectivity index (χ0) is 9.97. The second-order valence-corrected chi connectivity index (χ2v) is 7.63. The Morgan fingerprint density at radius 1 is 1.29 bits per heavy atom. The molecule has 3 heteroatoms. The third kappa shape index (κ3) is 2.14. The van der Waals surface area contributed by atoms with Gasteiger partial charge in [-0.1, -0.05) is 11.6 Å². The smallest absolute Gasteiger partial charge is 0.220 e. The first-order valence-electron chi connectivity index (χ1n) is 5.75. The van der Waals surface area contributed by atoms with Crippen molar-refractivity contribution in [2.45, 2.75) is 57.2 Å². The molecule has 78 valence electrons. The van der Waals surface area contributed by atoms with E-state index in [9.17, 15) is 4.79 Å². The Bertz CT molecular complexity index is 272. The van der Waals surface area contributed by atoms with Crippen LogP contribution in [0.15, 0.2) is 0 Å². The van der Waals surface area contributed by atoms with Crippen molar-refractivity contribution in [2.75, 3.05) is 0 Å². The minimum Gasteiger partial charge on any atom is -0.353 e. The Hall–Kier alpha value is -0.443. The minimum absolute atomic E-state index is 0.296. The fourth-order valence-corrected chi connectivity index (χ4v) is 5.94. The van der Waals surface area contributed by atoms with Crippen LogP contribution in [0.1, 0.15) is 45.4 Å². The van der Waals surface area contributed by atoms with Crippen LogP contribution in [0.25, 0.3) is 0 Å². The molecular formula is C11H19NOSi. The maximum absolute atomic E-state index is 11.5. The van der Waals surface area contributed by atoms with Crippen LogP contribution in [-0.4, -0.2) is 25.2 Å². The van der Waals surface area contributed by atoms with Crippen molar-refractivity contribution >= 4 is 19.5 Å². The summed E-state index contributed by atoms with van der Waals surface area (Å²) in [5.41, 5.74) is 0.553. The van der Waals surface area contributed by atoms with E-state index in [0.29, 0.717) is 11.6 Å². The first kappa shape index (κ1) is 10.1. The largest absolute Gasteiger partial charge is 0.353 e. The van der Waals surface area contributed by atoms with Gasteiger partial charge in [-0.25, -0.2) is 0 Å². The third-order valence-electron chi connectivity index (χ3n) is 3.45. The van der Waals surface area contributed by atoms with Crippen LogP contribution in [-0.2, 0) is 4.79 Å². The summed E-state index contributed by atoms with van der Waals surface area (Å²) in [5.74, 6) is 0.296. The molecule has 0 aromatic heterocycles. The van der Waals surface area contributed by atoms with E-state index in [1.807, 2.05) is 0 Å². The van der Waals surface area contributed by atoms with Crippen LogP contribution in [0.4, 0.5) is 0 Å². The molecule has 2 heterocycles. The van der Waals surface area contributed by atoms with Crippen LogP contribution in [0.2, 0.25) is 6.04 Å². The lowest BCUT2D eigenvalue weighted by atomic mass is 10.2. The van der Waals surface area contributed by atoms with Gasteiger partial charge in [-0.05, 0) is 38.7 Å². The highest BCUT2D eigenvalue weighted by atomic mass is 28.2. The van der Waals surface area contributed by atoms with Gasteiger partial charge in [0.15, 0.2) is 0 Å². The van der Waals surface area contributed by atoms with Gasteiger partial charge in [0.05, 0.1) is 0 Å². The SMILES string of the molecule is CC1=[Si](C2CCCCC(=O)N2)CCC1. The van der Waals surface area contributed by atoms with Crippen molar-refractivity contribution in [3.63, 3.8) is 0 Å². The van der Waals surface area contributed by atoms with E-state index >= 15 is 0 Å². The molecule has 2 aliphatic heterocycles. The van der Waals surface area contributed by atoms with Gasteiger partial charge >= 0.3 is 0 Å². The predicted octanol–water partition coefficient (Wildman–Crippen LogP) is 1.65. The van der Waals surface area contributed by atoms with E-state index in [4.69, 9.17) is 0 Å². The third-order valence-corrected chi connectivity index (χ3v) is 6.96. The maximum Gasteiger partial charge on any atom is 0.220 e. The van der Waals surface area contributed by atoms with E-state index in [-0.39, 0.29) is 8.41 Å². The van der Waals surface area contributed by atoms with Gasteiger partial charge in [-0.3, -0.25) is 4.79 Å². The second kappa shape index (κ2) is 4.38. The highest BCUT2D eigenvalue weighted by molar-refractivity contribution is 6.73. The molecule has 0 saturated carbocycles. The number of carbonyl (C=O) groups excluding carboxylic acids is 1. The fraction of sp³-hybridized carbons (Fsp3) is 0.818. The number of hydrogen-bond acceptors (Lipinski definition) is 1. The normalized spacial score (nSPS) is 28.9. The first-order chi connectivity index (χ1) is 6.77. The highest BCUT2D eigenvalue weighted by Gasteiger charge is 2.24. The summed E-state index contributed by atoms with van der Waals surface area (Å²) in [4.78, 5) is 11.5. The summed E-state index contributed by atoms with van der Waals surface area (Å²) in [5, 5.41) is 4.95. The molecule has 2 rings (SSSR count). The van der Waals surface area contributed by atoms with Crippen molar-refractivity contribution < 1.29 is 4.79 Å². The summed E-state index contributed by atoms with van der Waals surface area (Å²) in [7, 11) is -0.361. The molecule has 2 nitrogen and oxygen atoms in total. The molecule has 0 aromatic carbocycles. The van der Waals surface area contributed by atoms with Gasteiger partial charge in [0, 0.05) is 20.5 Å². The Balaban J connectivity index is 2.08. The molecule has 2 aliphatic rings. The summed E-state index contributed by atoms with van der Waals surface area (Å²) in [6.07, 6.45) is 7.01. The summed E-state index contributed by atoms with van der Waals surface area (Å²) in [6, 6.07) is 1.39. The van der Waals surface area contributed by atoms with E-state index in [1.165, 1.54) is 31.7 Å². The number of amides is 1. The van der Waals surface area contributed by atoms with Crippen molar-refractivity contribution in [1.82, 2.24) is 5.32 Å². The van der Waals surface area contributed by atoms with Gasteiger partial charge in [0.25, 0.3) is 0 Å². The average molecular weight is 209 g/mol. The predicted molar refractivity (Wildman–Crippen MR) is 60.9 cm³/mol. The molecule has 14 heavy (non-hydrogen) atoms. The molecule has 0 aromatic rings. The molecule has 1 atom stereocenters. The zero-order valence-corrected chi connectivity index (χ0v) is 9.94. The quantitative estimate of drug-likeness (QED) is 0.654. The molecule has 0 radical (unpaired) electrons. The number of hydrogen-bond donors (Lipinski definition) is 1. The van der Waals surface area contributed by atoms with Crippen molar-refractivity contribution in [3.05, 3.63) is 0 Å². The van der Waals surface area contributed by atoms with Crippen molar-refractivity contribution in [2.24, 2.45) is 0 Å². The zero-order valence-electron chi connectivity index (χ0n) is 8.94. The average Bonchev–Trinajstić information content (AvgIpc) is 2.45. The Morgan fingerprint density at radius 3 is 2.86 bits per heavy atom. The monoisotopic (exact) mass is 209 g/mol. The number of rotatable bonds is 1. The van der Waals surface area contributed by atoms with Gasteiger partial charge in [0.2, 0.25) is 5.91 Å². The molecule has 1 N–H and O–H groups in total. The molecular weight excluding hydrogens is 190 g/mol. The van der Waals surface area contributed by atoms with Gasteiger partial charge < -0.3 is 5.32 Å². The van der Waals surface area contributed by atoms with Crippen molar-refractivity contribution in [1.29, 1.82) is 0 Å². The topological polar surface area (TPSA) is 29.1 Å². The van der Waals surface area contributed by atoms with E-state index < -0.39 is 0 Å². The molecule has 0 bridgehead atoms. The van der Waals surface area contributed by atoms with Crippen LogP contribution >= 0.6 is 0 Å². The Labute approximate surface area is 87.3 Å². The van der Waals surface area contributed by atoms with E-state index in [2.05, 4.69) is 12.2 Å². The second-order valence-electron chi connectivity index (χ2n) is 4.53. The number of nitrogens with one attached hydrogen (secondary N) is 1. The summed E-state index contributed by atoms with van der Waals surface area (Å²) >= 11 is 0. The molecule has 1 fully saturated rings. The van der Waals surface area contributed by atoms with Crippen LogP contribution in [0.5, 0.6) is 0 Å². The van der Waals surface area contributed by atoms with Crippen LogP contribution < -0.4 is 5.32 Å². The Morgan fingerprint density at radius 2 is 2.14 bits per heavy atom. The number of carbonyl (C=O) groups is 1. The van der Waals surface area contributed by atoms with Gasteiger partial charge in [-0.15, -0.1) is 0 Å². The lowest BCUT2D eigenvalue weighted by Gasteiger charge is -2.17. The molecule has 0 aliphatic carbocycles. The standard InChI is InChI=1S/C11H19NOSi/c1-9-5-4-8-14(9)11-7-3-2-6-10(13)12-11/h11H,2-8H2,1H3,(H,12,13). The fourth-order valence-electron chi connectivity index (χ4n) is 2.62. The molecule has 0 spiro atoms. The molecule has 1 saturated heterocycles. The first-order valence-corrected chi connectivity index (χ1v) is 7.53. The molecule has 1 amide bonds. The summed E-state index contributed by atoms with van der Waals surface area (Å²) < 4.78 is 0. The van der Waals surface area contributed by atoms with E-state index in [1.54, 1.807) is 5.17 Å². The van der Waals surface area contributed by atoms with E-state index in [0.717, 1.165) is 12.8 Å². The Kier molecular flexibility index (Phi) is 3.16. The maximum atomic E-state index is 11.5. The molecule has 1 unspecified atom stereocenters. The lowest BCUT2D eigenvalue weighted by Crippen LogP contribution is -2.41. The van der Waals surface area contributed by atoms with Crippen LogP contribution in [0, 0.1) is 0 Å².